The number of rotatable bonds is 6. The number of aryl methyl sites for hydroxylation is 1. The fourth-order valence-corrected chi connectivity index (χ4v) is 4.97. The van der Waals surface area contributed by atoms with E-state index in [4.69, 9.17) is 0 Å². The third kappa shape index (κ3) is 4.31. The van der Waals surface area contributed by atoms with Crippen LogP contribution in [0.4, 0.5) is 13.2 Å². The Morgan fingerprint density at radius 1 is 1.12 bits per heavy atom. The van der Waals surface area contributed by atoms with Crippen molar-refractivity contribution in [3.63, 3.8) is 0 Å². The van der Waals surface area contributed by atoms with Gasteiger partial charge in [0.15, 0.2) is 0 Å². The predicted octanol–water partition coefficient (Wildman–Crippen LogP) is 7.07. The molecule has 1 aliphatic carbocycles. The van der Waals surface area contributed by atoms with Gasteiger partial charge >= 0.3 is 12.1 Å². The van der Waals surface area contributed by atoms with Gasteiger partial charge in [-0.3, -0.25) is 4.79 Å². The van der Waals surface area contributed by atoms with E-state index in [1.807, 2.05) is 37.3 Å². The van der Waals surface area contributed by atoms with Crippen LogP contribution in [-0.4, -0.2) is 15.6 Å². The fraction of sp³-hybridized carbons (Fsp3) is 0.346. The lowest BCUT2D eigenvalue weighted by Gasteiger charge is -2.30. The summed E-state index contributed by atoms with van der Waals surface area (Å²) in [5.74, 6) is -0.948. The van der Waals surface area contributed by atoms with E-state index in [2.05, 4.69) is 10.6 Å². The molecule has 6 heteroatoms. The molecule has 1 aromatic heterocycles. The smallest absolute Gasteiger partial charge is 0.416 e. The highest BCUT2D eigenvalue weighted by Gasteiger charge is 2.33. The third-order valence-corrected chi connectivity index (χ3v) is 6.36. The average molecular weight is 441 g/mol. The van der Waals surface area contributed by atoms with Gasteiger partial charge in [-0.05, 0) is 60.6 Å². The first-order valence-corrected chi connectivity index (χ1v) is 11.0. The molecular formula is C26H26F3NO2. The number of benzene rings is 2. The molecule has 2 aromatic carbocycles. The van der Waals surface area contributed by atoms with Crippen LogP contribution in [0.3, 0.4) is 0 Å². The number of hydrogen-bond acceptors (Lipinski definition) is 1. The van der Waals surface area contributed by atoms with Gasteiger partial charge in [0.2, 0.25) is 0 Å². The molecule has 1 aliphatic rings. The lowest BCUT2D eigenvalue weighted by Crippen LogP contribution is -2.21. The first-order valence-electron chi connectivity index (χ1n) is 11.0. The number of aromatic nitrogens is 1. The summed E-state index contributed by atoms with van der Waals surface area (Å²) in [6, 6.07) is 17.2. The lowest BCUT2D eigenvalue weighted by molar-refractivity contribution is -0.138. The van der Waals surface area contributed by atoms with Crippen LogP contribution in [-0.2, 0) is 17.4 Å². The number of fused-ring (bicyclic) bond motifs is 1. The van der Waals surface area contributed by atoms with Gasteiger partial charge in [0.25, 0.3) is 0 Å². The van der Waals surface area contributed by atoms with E-state index in [-0.39, 0.29) is 18.4 Å². The number of halogens is 3. The highest BCUT2D eigenvalue weighted by atomic mass is 19.4. The van der Waals surface area contributed by atoms with Gasteiger partial charge in [-0.15, -0.1) is 0 Å². The summed E-state index contributed by atoms with van der Waals surface area (Å²) in [7, 11) is 0. The molecule has 3 aromatic rings. The Morgan fingerprint density at radius 3 is 2.41 bits per heavy atom. The van der Waals surface area contributed by atoms with Crippen LogP contribution in [0.2, 0.25) is 0 Å². The number of carbonyl (C=O) groups is 1. The second kappa shape index (κ2) is 8.85. The SMILES string of the molecule is CCC(c1ccc(C(F)(F)F)cc1)n1c(-c2ccccc2)cc2c1C(CC(=O)O)CCC2. The van der Waals surface area contributed by atoms with E-state index >= 15 is 0 Å². The van der Waals surface area contributed by atoms with Gasteiger partial charge in [-0.2, -0.15) is 13.2 Å². The minimum Gasteiger partial charge on any atom is -0.481 e. The molecule has 1 heterocycles. The molecule has 2 atom stereocenters. The van der Waals surface area contributed by atoms with Crippen molar-refractivity contribution in [1.29, 1.82) is 0 Å². The number of hydrogen-bond donors (Lipinski definition) is 1. The molecule has 0 bridgehead atoms. The number of carboxylic acids is 1. The zero-order valence-corrected chi connectivity index (χ0v) is 17.9. The quantitative estimate of drug-likeness (QED) is 0.445. The second-order valence-electron chi connectivity index (χ2n) is 8.41. The molecule has 0 spiro atoms. The molecule has 0 aliphatic heterocycles. The van der Waals surface area contributed by atoms with Gasteiger partial charge < -0.3 is 9.67 Å². The molecule has 0 saturated carbocycles. The monoisotopic (exact) mass is 441 g/mol. The van der Waals surface area contributed by atoms with Crippen LogP contribution in [0.5, 0.6) is 0 Å². The largest absolute Gasteiger partial charge is 0.481 e. The molecule has 2 unspecified atom stereocenters. The Balaban J connectivity index is 1.88. The summed E-state index contributed by atoms with van der Waals surface area (Å²) in [5.41, 5.74) is 4.28. The first kappa shape index (κ1) is 22.2. The van der Waals surface area contributed by atoms with Crippen LogP contribution in [0.25, 0.3) is 11.3 Å². The number of aliphatic carboxylic acids is 1. The van der Waals surface area contributed by atoms with Crippen molar-refractivity contribution < 1.29 is 23.1 Å². The fourth-order valence-electron chi connectivity index (χ4n) is 4.97. The maximum Gasteiger partial charge on any atom is 0.416 e. The highest BCUT2D eigenvalue weighted by molar-refractivity contribution is 5.69. The van der Waals surface area contributed by atoms with Crippen molar-refractivity contribution in [2.45, 2.75) is 57.2 Å². The van der Waals surface area contributed by atoms with E-state index in [1.165, 1.54) is 0 Å². The number of carboxylic acid groups (broad SMARTS) is 1. The van der Waals surface area contributed by atoms with Crippen molar-refractivity contribution in [3.05, 3.63) is 83.0 Å². The van der Waals surface area contributed by atoms with Gasteiger partial charge in [0.1, 0.15) is 0 Å². The summed E-state index contributed by atoms with van der Waals surface area (Å²) in [6.07, 6.45) is -1.06. The molecule has 0 radical (unpaired) electrons. The Morgan fingerprint density at radius 2 is 1.81 bits per heavy atom. The van der Waals surface area contributed by atoms with Crippen molar-refractivity contribution in [2.75, 3.05) is 0 Å². The van der Waals surface area contributed by atoms with Crippen LogP contribution < -0.4 is 0 Å². The molecule has 0 amide bonds. The predicted molar refractivity (Wildman–Crippen MR) is 118 cm³/mol. The normalized spacial score (nSPS) is 17.1. The first-order chi connectivity index (χ1) is 15.3. The molecule has 1 N–H and O–H groups in total. The summed E-state index contributed by atoms with van der Waals surface area (Å²) in [6.45, 7) is 2.01. The lowest BCUT2D eigenvalue weighted by atomic mass is 9.85. The van der Waals surface area contributed by atoms with Crippen LogP contribution in [0.15, 0.2) is 60.7 Å². The summed E-state index contributed by atoms with van der Waals surface area (Å²) < 4.78 is 41.5. The topological polar surface area (TPSA) is 42.2 Å². The van der Waals surface area contributed by atoms with Crippen molar-refractivity contribution in [3.8, 4) is 11.3 Å². The Hall–Kier alpha value is -3.02. The molecule has 0 fully saturated rings. The molecule has 4 rings (SSSR count). The summed E-state index contributed by atoms with van der Waals surface area (Å²) in [5, 5.41) is 9.51. The van der Waals surface area contributed by atoms with Crippen LogP contribution >= 0.6 is 0 Å². The Kier molecular flexibility index (Phi) is 6.13. The molecule has 32 heavy (non-hydrogen) atoms. The van der Waals surface area contributed by atoms with Crippen molar-refractivity contribution in [2.24, 2.45) is 0 Å². The van der Waals surface area contributed by atoms with Crippen molar-refractivity contribution >= 4 is 5.97 Å². The maximum atomic E-state index is 13.1. The third-order valence-electron chi connectivity index (χ3n) is 6.36. The summed E-state index contributed by atoms with van der Waals surface area (Å²) in [4.78, 5) is 11.6. The number of alkyl halides is 3. The highest BCUT2D eigenvalue weighted by Crippen LogP contribution is 2.43. The van der Waals surface area contributed by atoms with E-state index in [0.29, 0.717) is 6.42 Å². The molecule has 168 valence electrons. The average Bonchev–Trinajstić information content (AvgIpc) is 3.15. The van der Waals surface area contributed by atoms with Crippen LogP contribution in [0.1, 0.15) is 67.0 Å². The number of nitrogens with zero attached hydrogens (tertiary/aromatic N) is 1. The zero-order chi connectivity index (χ0) is 22.9. The van der Waals surface area contributed by atoms with Gasteiger partial charge in [-0.1, -0.05) is 49.4 Å². The zero-order valence-electron chi connectivity index (χ0n) is 17.9. The Bertz CT molecular complexity index is 1080. The molecule has 0 saturated heterocycles. The van der Waals surface area contributed by atoms with E-state index in [0.717, 1.165) is 59.5 Å². The van der Waals surface area contributed by atoms with Gasteiger partial charge in [0.05, 0.1) is 18.0 Å². The molecular weight excluding hydrogens is 415 g/mol. The summed E-state index contributed by atoms with van der Waals surface area (Å²) >= 11 is 0. The second-order valence-corrected chi connectivity index (χ2v) is 8.41. The maximum absolute atomic E-state index is 13.1. The van der Waals surface area contributed by atoms with E-state index < -0.39 is 17.7 Å². The van der Waals surface area contributed by atoms with Crippen LogP contribution in [0, 0.1) is 0 Å². The van der Waals surface area contributed by atoms with E-state index in [9.17, 15) is 23.1 Å². The standard InChI is InChI=1S/C26H26F3NO2/c1-2-22(18-11-13-21(14-12-18)26(27,28)29)30-23(17-7-4-3-5-8-17)15-19-9-6-10-20(25(19)30)16-24(31)32/h3-5,7-8,11-15,20,22H,2,6,9-10,16H2,1H3,(H,31,32). The molecule has 3 nitrogen and oxygen atoms in total. The minimum absolute atomic E-state index is 0.0503. The van der Waals surface area contributed by atoms with Gasteiger partial charge in [-0.25, -0.2) is 0 Å². The minimum atomic E-state index is -4.38. The van der Waals surface area contributed by atoms with Crippen molar-refractivity contribution in [1.82, 2.24) is 4.57 Å². The van der Waals surface area contributed by atoms with Gasteiger partial charge in [0, 0.05) is 17.3 Å². The Labute approximate surface area is 185 Å². The van der Waals surface area contributed by atoms with E-state index in [1.54, 1.807) is 12.1 Å².